The summed E-state index contributed by atoms with van der Waals surface area (Å²) >= 11 is 0. The molecule has 1 aliphatic heterocycles. The Morgan fingerprint density at radius 2 is 2.17 bits per heavy atom. The molecule has 0 spiro atoms. The lowest BCUT2D eigenvalue weighted by Crippen LogP contribution is -2.40. The highest BCUT2D eigenvalue weighted by Crippen LogP contribution is 2.27. The van der Waals surface area contributed by atoms with Gasteiger partial charge in [-0.25, -0.2) is 0 Å². The summed E-state index contributed by atoms with van der Waals surface area (Å²) in [5.41, 5.74) is 0. The van der Waals surface area contributed by atoms with Crippen molar-refractivity contribution in [2.24, 2.45) is 0 Å². The second kappa shape index (κ2) is 6.76. The molecule has 2 aromatic rings. The lowest BCUT2D eigenvalue weighted by molar-refractivity contribution is -0.0523. The maximum Gasteiger partial charge on any atom is 0.243 e. The second-order valence-corrected chi connectivity index (χ2v) is 6.15. The van der Waals surface area contributed by atoms with E-state index >= 15 is 0 Å². The number of aryl methyl sites for hydroxylation is 1. The summed E-state index contributed by atoms with van der Waals surface area (Å²) in [6.45, 7) is 11.3. The van der Waals surface area contributed by atoms with E-state index in [0.29, 0.717) is 12.5 Å². The first kappa shape index (κ1) is 16.1. The van der Waals surface area contributed by atoms with Crippen LogP contribution in [0.3, 0.4) is 0 Å². The minimum atomic E-state index is -0.0823. The molecule has 8 heteroatoms. The zero-order chi connectivity index (χ0) is 16.4. The van der Waals surface area contributed by atoms with Crippen LogP contribution in [-0.2, 0) is 11.3 Å². The van der Waals surface area contributed by atoms with E-state index in [1.807, 2.05) is 4.57 Å². The number of ether oxygens (including phenoxy) is 1. The molecule has 0 unspecified atom stereocenters. The first-order chi connectivity index (χ1) is 11.1. The van der Waals surface area contributed by atoms with Crippen molar-refractivity contribution >= 4 is 0 Å². The molecule has 2 aromatic heterocycles. The summed E-state index contributed by atoms with van der Waals surface area (Å²) in [6.07, 6.45) is 1.66. The van der Waals surface area contributed by atoms with Gasteiger partial charge in [-0.1, -0.05) is 19.0 Å². The third kappa shape index (κ3) is 3.28. The molecular formula is C15H24N6O2. The van der Waals surface area contributed by atoms with Crippen LogP contribution in [0.1, 0.15) is 63.3 Å². The molecule has 3 rings (SSSR count). The Hall–Kier alpha value is -1.80. The fourth-order valence-electron chi connectivity index (χ4n) is 2.74. The van der Waals surface area contributed by atoms with Gasteiger partial charge in [-0.05, 0) is 13.8 Å². The molecule has 126 valence electrons. The summed E-state index contributed by atoms with van der Waals surface area (Å²) in [5.74, 6) is 2.55. The maximum absolute atomic E-state index is 5.89. The van der Waals surface area contributed by atoms with Crippen molar-refractivity contribution in [3.8, 4) is 0 Å². The van der Waals surface area contributed by atoms with Gasteiger partial charge in [0.15, 0.2) is 11.6 Å². The first-order valence-corrected chi connectivity index (χ1v) is 8.17. The predicted octanol–water partition coefficient (Wildman–Crippen LogP) is 1.94. The van der Waals surface area contributed by atoms with Crippen LogP contribution in [-0.4, -0.2) is 49.5 Å². The highest BCUT2D eigenvalue weighted by Gasteiger charge is 2.31. The van der Waals surface area contributed by atoms with E-state index < -0.39 is 0 Å². The van der Waals surface area contributed by atoms with Crippen LogP contribution in [0.15, 0.2) is 10.9 Å². The molecule has 0 saturated carbocycles. The number of rotatable bonds is 5. The SMILES string of the molecule is CCn1cnnc1[C@@H]1CN([C@H](C)c2nc(C(C)C)no2)CCO1. The molecule has 0 aromatic carbocycles. The normalized spacial score (nSPS) is 21.0. The minimum absolute atomic E-state index is 0.0550. The van der Waals surface area contributed by atoms with Crippen molar-refractivity contribution in [1.29, 1.82) is 0 Å². The highest BCUT2D eigenvalue weighted by atomic mass is 16.5. The van der Waals surface area contributed by atoms with Gasteiger partial charge in [0.1, 0.15) is 12.4 Å². The van der Waals surface area contributed by atoms with Gasteiger partial charge >= 0.3 is 0 Å². The lowest BCUT2D eigenvalue weighted by atomic mass is 10.2. The van der Waals surface area contributed by atoms with Gasteiger partial charge in [0.05, 0.1) is 12.6 Å². The quantitative estimate of drug-likeness (QED) is 0.832. The monoisotopic (exact) mass is 320 g/mol. The number of morpholine rings is 1. The van der Waals surface area contributed by atoms with E-state index in [1.54, 1.807) is 6.33 Å². The second-order valence-electron chi connectivity index (χ2n) is 6.15. The molecule has 23 heavy (non-hydrogen) atoms. The van der Waals surface area contributed by atoms with Gasteiger partial charge < -0.3 is 13.8 Å². The van der Waals surface area contributed by atoms with Crippen LogP contribution in [0.25, 0.3) is 0 Å². The molecule has 2 atom stereocenters. The van der Waals surface area contributed by atoms with E-state index in [4.69, 9.17) is 9.26 Å². The van der Waals surface area contributed by atoms with Crippen LogP contribution >= 0.6 is 0 Å². The molecule has 0 amide bonds. The fourth-order valence-corrected chi connectivity index (χ4v) is 2.74. The third-order valence-electron chi connectivity index (χ3n) is 4.25. The van der Waals surface area contributed by atoms with Crippen molar-refractivity contribution in [1.82, 2.24) is 29.8 Å². The van der Waals surface area contributed by atoms with Gasteiger partial charge in [0.2, 0.25) is 5.89 Å². The Kier molecular flexibility index (Phi) is 4.72. The minimum Gasteiger partial charge on any atom is -0.368 e. The Bertz CT molecular complexity index is 637. The van der Waals surface area contributed by atoms with E-state index in [-0.39, 0.29) is 18.1 Å². The summed E-state index contributed by atoms with van der Waals surface area (Å²) < 4.78 is 13.3. The highest BCUT2D eigenvalue weighted by molar-refractivity contribution is 4.99. The fraction of sp³-hybridized carbons (Fsp3) is 0.733. The molecule has 1 aliphatic rings. The largest absolute Gasteiger partial charge is 0.368 e. The summed E-state index contributed by atoms with van der Waals surface area (Å²) in [4.78, 5) is 6.81. The molecule has 0 aliphatic carbocycles. The van der Waals surface area contributed by atoms with Gasteiger partial charge in [-0.2, -0.15) is 4.98 Å². The molecule has 0 bridgehead atoms. The Morgan fingerprint density at radius 1 is 1.35 bits per heavy atom. The Morgan fingerprint density at radius 3 is 2.87 bits per heavy atom. The summed E-state index contributed by atoms with van der Waals surface area (Å²) in [6, 6.07) is 0.0550. The molecule has 8 nitrogen and oxygen atoms in total. The average Bonchev–Trinajstić information content (AvgIpc) is 3.23. The standard InChI is InChI=1S/C15H24N6O2/c1-5-20-9-16-18-14(20)12-8-21(6-7-22-12)11(4)15-17-13(10(2)3)19-23-15/h9-12H,5-8H2,1-4H3/t11-,12+/m1/s1. The van der Waals surface area contributed by atoms with E-state index in [2.05, 4.69) is 52.9 Å². The number of hydrogen-bond donors (Lipinski definition) is 0. The molecular weight excluding hydrogens is 296 g/mol. The topological polar surface area (TPSA) is 82.1 Å². The molecule has 1 saturated heterocycles. The van der Waals surface area contributed by atoms with Crippen LogP contribution < -0.4 is 0 Å². The molecule has 3 heterocycles. The van der Waals surface area contributed by atoms with Crippen molar-refractivity contribution in [2.75, 3.05) is 19.7 Å². The van der Waals surface area contributed by atoms with Crippen molar-refractivity contribution in [2.45, 2.75) is 52.3 Å². The molecule has 0 N–H and O–H groups in total. The van der Waals surface area contributed by atoms with Crippen LogP contribution in [0.5, 0.6) is 0 Å². The molecule has 1 fully saturated rings. The van der Waals surface area contributed by atoms with Crippen LogP contribution in [0.4, 0.5) is 0 Å². The van der Waals surface area contributed by atoms with Crippen molar-refractivity contribution in [3.05, 3.63) is 23.9 Å². The third-order valence-corrected chi connectivity index (χ3v) is 4.25. The zero-order valence-electron chi connectivity index (χ0n) is 14.1. The van der Waals surface area contributed by atoms with E-state index in [9.17, 15) is 0 Å². The van der Waals surface area contributed by atoms with Gasteiger partial charge in [0, 0.05) is 25.6 Å². The van der Waals surface area contributed by atoms with E-state index in [1.165, 1.54) is 0 Å². The van der Waals surface area contributed by atoms with Crippen LogP contribution in [0.2, 0.25) is 0 Å². The lowest BCUT2D eigenvalue weighted by Gasteiger charge is -2.34. The van der Waals surface area contributed by atoms with Gasteiger partial charge in [-0.3, -0.25) is 4.90 Å². The Balaban J connectivity index is 1.72. The smallest absolute Gasteiger partial charge is 0.243 e. The zero-order valence-corrected chi connectivity index (χ0v) is 14.1. The van der Waals surface area contributed by atoms with Gasteiger partial charge in [-0.15, -0.1) is 10.2 Å². The summed E-state index contributed by atoms with van der Waals surface area (Å²) in [5, 5.41) is 12.3. The average molecular weight is 320 g/mol. The Labute approximate surface area is 135 Å². The van der Waals surface area contributed by atoms with Crippen molar-refractivity contribution in [3.63, 3.8) is 0 Å². The number of nitrogens with zero attached hydrogens (tertiary/aromatic N) is 6. The number of aromatic nitrogens is 5. The number of hydrogen-bond acceptors (Lipinski definition) is 7. The summed E-state index contributed by atoms with van der Waals surface area (Å²) in [7, 11) is 0. The van der Waals surface area contributed by atoms with E-state index in [0.717, 1.165) is 31.3 Å². The predicted molar refractivity (Wildman–Crippen MR) is 82.8 cm³/mol. The molecule has 0 radical (unpaired) electrons. The van der Waals surface area contributed by atoms with Crippen LogP contribution in [0, 0.1) is 0 Å². The van der Waals surface area contributed by atoms with Crippen molar-refractivity contribution < 1.29 is 9.26 Å². The maximum atomic E-state index is 5.89. The van der Waals surface area contributed by atoms with Gasteiger partial charge in [0.25, 0.3) is 0 Å². The first-order valence-electron chi connectivity index (χ1n) is 8.17.